The molecule has 49 heavy (non-hydrogen) atoms. The van der Waals surface area contributed by atoms with E-state index in [1.165, 1.54) is 60.8 Å². The van der Waals surface area contributed by atoms with Crippen molar-refractivity contribution in [1.29, 1.82) is 0 Å². The molecule has 1 aliphatic rings. The maximum atomic E-state index is 6.56. The van der Waals surface area contributed by atoms with E-state index in [0.717, 1.165) is 45.1 Å². The van der Waals surface area contributed by atoms with Gasteiger partial charge in [0.15, 0.2) is 0 Å². The molecule has 1 radical (unpaired) electrons. The third-order valence-electron chi connectivity index (χ3n) is 9.13. The molecular formula is C45H38IrN2O-2. The van der Waals surface area contributed by atoms with Crippen LogP contribution in [0.3, 0.4) is 0 Å². The van der Waals surface area contributed by atoms with E-state index in [4.69, 9.17) is 9.72 Å². The molecule has 3 nitrogen and oxygen atoms in total. The summed E-state index contributed by atoms with van der Waals surface area (Å²) >= 11 is 0. The van der Waals surface area contributed by atoms with Crippen LogP contribution >= 0.6 is 0 Å². The van der Waals surface area contributed by atoms with Crippen molar-refractivity contribution in [2.24, 2.45) is 0 Å². The Morgan fingerprint density at radius 2 is 1.33 bits per heavy atom. The SMILES string of the molecule is Cc1c[c-]c(-c2ccc(C)cn2)cc1.Cc1cc(C)c(-c2cc(-c3[c-]ccc4c3Oc3cccc5c(C)ccc-4c35)ncc2C)c(C)c1.[Ir]. The number of benzene rings is 5. The summed E-state index contributed by atoms with van der Waals surface area (Å²) in [5.41, 5.74) is 17.2. The Labute approximate surface area is 303 Å². The van der Waals surface area contributed by atoms with Gasteiger partial charge in [-0.05, 0) is 109 Å². The molecular weight excluding hydrogens is 777 g/mol. The predicted octanol–water partition coefficient (Wildman–Crippen LogP) is 11.8. The molecule has 0 bridgehead atoms. The van der Waals surface area contributed by atoms with E-state index >= 15 is 0 Å². The van der Waals surface area contributed by atoms with Crippen molar-refractivity contribution < 1.29 is 24.8 Å². The number of nitrogens with zero attached hydrogens (tertiary/aromatic N) is 2. The number of hydrogen-bond donors (Lipinski definition) is 0. The average Bonchev–Trinajstić information content (AvgIpc) is 3.07. The molecule has 5 aromatic carbocycles. The molecule has 0 spiro atoms. The van der Waals surface area contributed by atoms with Gasteiger partial charge in [-0.25, -0.2) is 0 Å². The van der Waals surface area contributed by atoms with E-state index in [2.05, 4.69) is 125 Å². The van der Waals surface area contributed by atoms with Gasteiger partial charge in [0.2, 0.25) is 0 Å². The summed E-state index contributed by atoms with van der Waals surface area (Å²) in [6, 6.07) is 38.3. The van der Waals surface area contributed by atoms with Gasteiger partial charge in [0.05, 0.1) is 5.75 Å². The average molecular weight is 815 g/mol. The van der Waals surface area contributed by atoms with Gasteiger partial charge < -0.3 is 14.7 Å². The predicted molar refractivity (Wildman–Crippen MR) is 199 cm³/mol. The summed E-state index contributed by atoms with van der Waals surface area (Å²) < 4.78 is 6.56. The molecule has 0 atom stereocenters. The van der Waals surface area contributed by atoms with Crippen LogP contribution in [0.15, 0.2) is 103 Å². The first-order chi connectivity index (χ1) is 23.2. The van der Waals surface area contributed by atoms with E-state index < -0.39 is 0 Å². The molecule has 0 amide bonds. The molecule has 8 rings (SSSR count). The Balaban J connectivity index is 0.000000234. The van der Waals surface area contributed by atoms with Crippen LogP contribution in [0.5, 0.6) is 11.5 Å². The van der Waals surface area contributed by atoms with Crippen LogP contribution in [0.2, 0.25) is 0 Å². The Bertz CT molecular complexity index is 2260. The number of hydrogen-bond acceptors (Lipinski definition) is 3. The third kappa shape index (κ3) is 6.59. The second-order valence-corrected chi connectivity index (χ2v) is 13.0. The maximum Gasteiger partial charge on any atom is 0.123 e. The summed E-state index contributed by atoms with van der Waals surface area (Å²) in [6.07, 6.45) is 3.85. The second-order valence-electron chi connectivity index (χ2n) is 13.0. The van der Waals surface area contributed by atoms with E-state index in [1.54, 1.807) is 0 Å². The molecule has 0 saturated carbocycles. The molecule has 245 valence electrons. The summed E-state index contributed by atoms with van der Waals surface area (Å²) in [5.74, 6) is 1.72. The zero-order valence-electron chi connectivity index (χ0n) is 29.0. The summed E-state index contributed by atoms with van der Waals surface area (Å²) in [7, 11) is 0. The molecule has 1 aliphatic heterocycles. The Hall–Kier alpha value is -4.89. The minimum atomic E-state index is 0. The third-order valence-corrected chi connectivity index (χ3v) is 9.13. The molecule has 0 aliphatic carbocycles. The second kappa shape index (κ2) is 13.9. The molecule has 0 fully saturated rings. The van der Waals surface area contributed by atoms with E-state index in [0.29, 0.717) is 0 Å². The van der Waals surface area contributed by atoms with Crippen LogP contribution in [0.25, 0.3) is 55.5 Å². The van der Waals surface area contributed by atoms with Crippen LogP contribution in [0.4, 0.5) is 0 Å². The number of aromatic nitrogens is 2. The van der Waals surface area contributed by atoms with Crippen LogP contribution in [-0.4, -0.2) is 9.97 Å². The zero-order valence-corrected chi connectivity index (χ0v) is 31.3. The molecule has 0 N–H and O–H groups in total. The van der Waals surface area contributed by atoms with Gasteiger partial charge in [0.25, 0.3) is 0 Å². The van der Waals surface area contributed by atoms with Crippen molar-refractivity contribution in [3.05, 3.63) is 154 Å². The largest absolute Gasteiger partial charge is 0.501 e. The molecule has 0 saturated heterocycles. The first-order valence-corrected chi connectivity index (χ1v) is 16.4. The monoisotopic (exact) mass is 815 g/mol. The Morgan fingerprint density at radius 1 is 0.571 bits per heavy atom. The number of ether oxygens (including phenoxy) is 1. The first-order valence-electron chi connectivity index (χ1n) is 16.4. The van der Waals surface area contributed by atoms with Gasteiger partial charge >= 0.3 is 0 Å². The molecule has 4 heteroatoms. The van der Waals surface area contributed by atoms with Gasteiger partial charge in [-0.15, -0.1) is 53.6 Å². The van der Waals surface area contributed by atoms with Crippen molar-refractivity contribution in [3.63, 3.8) is 0 Å². The van der Waals surface area contributed by atoms with Crippen molar-refractivity contribution in [2.75, 3.05) is 0 Å². The zero-order chi connectivity index (χ0) is 33.5. The molecule has 3 heterocycles. The smallest absolute Gasteiger partial charge is 0.123 e. The maximum absolute atomic E-state index is 6.56. The molecule has 2 aromatic heterocycles. The van der Waals surface area contributed by atoms with Crippen molar-refractivity contribution in [1.82, 2.24) is 9.97 Å². The van der Waals surface area contributed by atoms with E-state index in [-0.39, 0.29) is 20.1 Å². The van der Waals surface area contributed by atoms with Gasteiger partial charge in [0.1, 0.15) is 5.75 Å². The van der Waals surface area contributed by atoms with Gasteiger partial charge in [0, 0.05) is 37.9 Å². The van der Waals surface area contributed by atoms with Crippen LogP contribution < -0.4 is 4.74 Å². The van der Waals surface area contributed by atoms with E-state index in [1.807, 2.05) is 43.6 Å². The fourth-order valence-corrected chi connectivity index (χ4v) is 6.75. The van der Waals surface area contributed by atoms with Gasteiger partial charge in [-0.2, -0.15) is 0 Å². The summed E-state index contributed by atoms with van der Waals surface area (Å²) in [6.45, 7) is 14.9. The van der Waals surface area contributed by atoms with Gasteiger partial charge in [-0.3, -0.25) is 0 Å². The fourth-order valence-electron chi connectivity index (χ4n) is 6.75. The normalized spacial score (nSPS) is 11.2. The van der Waals surface area contributed by atoms with Crippen LogP contribution in [0, 0.1) is 60.6 Å². The van der Waals surface area contributed by atoms with Crippen molar-refractivity contribution >= 4 is 10.8 Å². The Morgan fingerprint density at radius 3 is 2.04 bits per heavy atom. The number of rotatable bonds is 3. The quantitative estimate of drug-likeness (QED) is 0.167. The van der Waals surface area contributed by atoms with Crippen molar-refractivity contribution in [2.45, 2.75) is 48.5 Å². The van der Waals surface area contributed by atoms with Gasteiger partial charge in [-0.1, -0.05) is 78.2 Å². The minimum absolute atomic E-state index is 0. The van der Waals surface area contributed by atoms with Crippen molar-refractivity contribution in [3.8, 4) is 56.3 Å². The van der Waals surface area contributed by atoms with E-state index in [9.17, 15) is 0 Å². The topological polar surface area (TPSA) is 35.0 Å². The minimum Gasteiger partial charge on any atom is -0.501 e. The number of fused-ring (bicyclic) bond motifs is 2. The Kier molecular flexibility index (Phi) is 9.65. The van der Waals surface area contributed by atoms with Crippen LogP contribution in [0.1, 0.15) is 38.9 Å². The molecule has 7 aromatic rings. The molecule has 0 unspecified atom stereocenters. The summed E-state index contributed by atoms with van der Waals surface area (Å²) in [4.78, 5) is 9.17. The summed E-state index contributed by atoms with van der Waals surface area (Å²) in [5, 5.41) is 2.41. The number of pyridine rings is 2. The standard InChI is InChI=1S/C32H26NO.C13H12N.Ir/c1-18-14-20(3)30(21(4)15-18)27-16-28(33-17-22(27)5)26-10-6-9-25-24-13-12-19(2)23-8-7-11-29(31(23)24)34-32(25)26;1-10-3-6-12(7-4-10)13-8-5-11(2)9-14-13;/h6-9,11-17H,1-5H3;3-6,8-9H,1-2H3;/q2*-1;. The number of aryl methyl sites for hydroxylation is 7. The van der Waals surface area contributed by atoms with Crippen LogP contribution in [-0.2, 0) is 20.1 Å². The first kappa shape index (κ1) is 34.0. The fraction of sp³-hybridized carbons (Fsp3) is 0.156.